The predicted octanol–water partition coefficient (Wildman–Crippen LogP) is 1.49. The van der Waals surface area contributed by atoms with Gasteiger partial charge in [-0.2, -0.15) is 0 Å². The number of thiophene rings is 1. The number of halogens is 1. The molecule has 1 aromatic rings. The first-order valence-corrected chi connectivity index (χ1v) is 5.38. The van der Waals surface area contributed by atoms with Crippen LogP contribution in [0.25, 0.3) is 6.08 Å². The highest BCUT2D eigenvalue weighted by Crippen LogP contribution is 2.19. The van der Waals surface area contributed by atoms with E-state index in [1.54, 1.807) is 12.1 Å². The van der Waals surface area contributed by atoms with Gasteiger partial charge in [-0.3, -0.25) is 4.79 Å². The zero-order chi connectivity index (χ0) is 10.4. The molecule has 5 heteroatoms. The molecule has 0 radical (unpaired) electrons. The van der Waals surface area contributed by atoms with Gasteiger partial charge in [0.1, 0.15) is 0 Å². The standard InChI is InChI=1S/C9H11ClN2OS/c10-7-5-8(14-6-7)1-2-9(13)12-4-3-11/h1-2,5-6H,3-4,11H2,(H,12,13)/b2-1+. The second kappa shape index (κ2) is 5.80. The van der Waals surface area contributed by atoms with Gasteiger partial charge in [-0.15, -0.1) is 11.3 Å². The van der Waals surface area contributed by atoms with Crippen molar-refractivity contribution in [2.45, 2.75) is 0 Å². The minimum absolute atomic E-state index is 0.139. The number of hydrogen-bond donors (Lipinski definition) is 2. The summed E-state index contributed by atoms with van der Waals surface area (Å²) in [5, 5.41) is 5.14. The van der Waals surface area contributed by atoms with Crippen molar-refractivity contribution in [3.05, 3.63) is 27.4 Å². The lowest BCUT2D eigenvalue weighted by atomic mass is 10.4. The van der Waals surface area contributed by atoms with Crippen molar-refractivity contribution in [3.63, 3.8) is 0 Å². The van der Waals surface area contributed by atoms with Crippen molar-refractivity contribution in [2.75, 3.05) is 13.1 Å². The Hall–Kier alpha value is -0.840. The van der Waals surface area contributed by atoms with E-state index in [0.29, 0.717) is 18.1 Å². The first-order chi connectivity index (χ1) is 6.72. The Kier molecular flexibility index (Phi) is 4.65. The second-order valence-corrected chi connectivity index (χ2v) is 3.96. The molecule has 0 atom stereocenters. The van der Waals surface area contributed by atoms with Crippen LogP contribution in [0.5, 0.6) is 0 Å². The van der Waals surface area contributed by atoms with Crippen LogP contribution in [0.15, 0.2) is 17.5 Å². The largest absolute Gasteiger partial charge is 0.351 e. The number of rotatable bonds is 4. The topological polar surface area (TPSA) is 55.1 Å². The first-order valence-electron chi connectivity index (χ1n) is 4.12. The van der Waals surface area contributed by atoms with Crippen LogP contribution in [0, 0.1) is 0 Å². The highest BCUT2D eigenvalue weighted by atomic mass is 35.5. The van der Waals surface area contributed by atoms with Crippen molar-refractivity contribution in [2.24, 2.45) is 5.73 Å². The molecule has 0 saturated heterocycles. The van der Waals surface area contributed by atoms with E-state index in [9.17, 15) is 4.79 Å². The Morgan fingerprint density at radius 3 is 3.07 bits per heavy atom. The molecule has 1 amide bonds. The van der Waals surface area contributed by atoms with E-state index in [4.69, 9.17) is 17.3 Å². The minimum Gasteiger partial charge on any atom is -0.351 e. The zero-order valence-corrected chi connectivity index (χ0v) is 9.07. The van der Waals surface area contributed by atoms with Crippen LogP contribution in [0.3, 0.4) is 0 Å². The van der Waals surface area contributed by atoms with Crippen molar-refractivity contribution in [3.8, 4) is 0 Å². The average molecular weight is 231 g/mol. The number of nitrogens with one attached hydrogen (secondary N) is 1. The number of nitrogens with two attached hydrogens (primary N) is 1. The maximum Gasteiger partial charge on any atom is 0.244 e. The van der Waals surface area contributed by atoms with Gasteiger partial charge in [-0.25, -0.2) is 0 Å². The summed E-state index contributed by atoms with van der Waals surface area (Å²) < 4.78 is 0. The summed E-state index contributed by atoms with van der Waals surface area (Å²) >= 11 is 7.21. The van der Waals surface area contributed by atoms with Gasteiger partial charge in [0, 0.05) is 29.4 Å². The minimum atomic E-state index is -0.139. The Morgan fingerprint density at radius 1 is 1.71 bits per heavy atom. The highest BCUT2D eigenvalue weighted by Gasteiger charge is 1.95. The lowest BCUT2D eigenvalue weighted by Crippen LogP contribution is -2.27. The SMILES string of the molecule is NCCNC(=O)/C=C/c1cc(Cl)cs1. The van der Waals surface area contributed by atoms with Crippen molar-refractivity contribution in [1.82, 2.24) is 5.32 Å². The van der Waals surface area contributed by atoms with Gasteiger partial charge in [-0.05, 0) is 12.1 Å². The van der Waals surface area contributed by atoms with Gasteiger partial charge in [0.2, 0.25) is 5.91 Å². The van der Waals surface area contributed by atoms with Crippen LogP contribution in [0.1, 0.15) is 4.88 Å². The third kappa shape index (κ3) is 3.91. The van der Waals surface area contributed by atoms with E-state index in [1.807, 2.05) is 5.38 Å². The third-order valence-electron chi connectivity index (χ3n) is 1.43. The molecule has 1 aromatic heterocycles. The summed E-state index contributed by atoms with van der Waals surface area (Å²) in [5.74, 6) is -0.139. The van der Waals surface area contributed by atoms with E-state index in [2.05, 4.69) is 5.32 Å². The molecule has 3 N–H and O–H groups in total. The number of hydrogen-bond acceptors (Lipinski definition) is 3. The molecule has 76 valence electrons. The van der Waals surface area contributed by atoms with Crippen LogP contribution >= 0.6 is 22.9 Å². The van der Waals surface area contributed by atoms with Crippen molar-refractivity contribution in [1.29, 1.82) is 0 Å². The maximum absolute atomic E-state index is 11.1. The Morgan fingerprint density at radius 2 is 2.50 bits per heavy atom. The summed E-state index contributed by atoms with van der Waals surface area (Å²) in [7, 11) is 0. The first kappa shape index (κ1) is 11.2. The van der Waals surface area contributed by atoms with Gasteiger partial charge < -0.3 is 11.1 Å². The summed E-state index contributed by atoms with van der Waals surface area (Å²) in [6, 6.07) is 1.80. The van der Waals surface area contributed by atoms with Crippen LogP contribution < -0.4 is 11.1 Å². The molecule has 1 heterocycles. The van der Waals surface area contributed by atoms with Gasteiger partial charge >= 0.3 is 0 Å². The summed E-state index contributed by atoms with van der Waals surface area (Å²) in [6.45, 7) is 0.943. The van der Waals surface area contributed by atoms with Gasteiger partial charge in [-0.1, -0.05) is 11.6 Å². The Labute approximate surface area is 91.6 Å². The fourth-order valence-electron chi connectivity index (χ4n) is 0.828. The third-order valence-corrected chi connectivity index (χ3v) is 2.68. The molecule has 0 aliphatic rings. The molecule has 0 aliphatic heterocycles. The fourth-order valence-corrected chi connectivity index (χ4v) is 1.80. The molecule has 0 aromatic carbocycles. The summed E-state index contributed by atoms with van der Waals surface area (Å²) in [4.78, 5) is 12.1. The Bertz CT molecular complexity index is 335. The van der Waals surface area contributed by atoms with Gasteiger partial charge in [0.25, 0.3) is 0 Å². The molecule has 0 saturated carbocycles. The maximum atomic E-state index is 11.1. The normalized spacial score (nSPS) is 10.7. The number of carbonyl (C=O) groups is 1. The molecule has 14 heavy (non-hydrogen) atoms. The molecule has 0 bridgehead atoms. The monoisotopic (exact) mass is 230 g/mol. The molecule has 3 nitrogen and oxygen atoms in total. The highest BCUT2D eigenvalue weighted by molar-refractivity contribution is 7.11. The van der Waals surface area contributed by atoms with E-state index < -0.39 is 0 Å². The van der Waals surface area contributed by atoms with E-state index >= 15 is 0 Å². The molecular weight excluding hydrogens is 220 g/mol. The zero-order valence-electron chi connectivity index (χ0n) is 7.50. The van der Waals surface area contributed by atoms with E-state index in [0.717, 1.165) is 4.88 Å². The average Bonchev–Trinajstić information content (AvgIpc) is 2.58. The molecule has 0 fully saturated rings. The van der Waals surface area contributed by atoms with Gasteiger partial charge in [0.15, 0.2) is 0 Å². The molecular formula is C9H11ClN2OS. The fraction of sp³-hybridized carbons (Fsp3) is 0.222. The second-order valence-electron chi connectivity index (χ2n) is 2.58. The van der Waals surface area contributed by atoms with Crippen LogP contribution in [-0.2, 0) is 4.79 Å². The molecule has 1 rings (SSSR count). The number of carbonyl (C=O) groups excluding carboxylic acids is 1. The van der Waals surface area contributed by atoms with Crippen molar-refractivity contribution < 1.29 is 4.79 Å². The quantitative estimate of drug-likeness (QED) is 0.770. The van der Waals surface area contributed by atoms with Crippen molar-refractivity contribution >= 4 is 34.9 Å². The van der Waals surface area contributed by atoms with Gasteiger partial charge in [0.05, 0.1) is 5.02 Å². The van der Waals surface area contributed by atoms with E-state index in [1.165, 1.54) is 17.4 Å². The molecule has 0 unspecified atom stereocenters. The summed E-state index contributed by atoms with van der Waals surface area (Å²) in [6.07, 6.45) is 3.19. The lowest BCUT2D eigenvalue weighted by molar-refractivity contribution is -0.116. The van der Waals surface area contributed by atoms with Crippen LogP contribution in [0.2, 0.25) is 5.02 Å². The summed E-state index contributed by atoms with van der Waals surface area (Å²) in [5.41, 5.74) is 5.23. The van der Waals surface area contributed by atoms with E-state index in [-0.39, 0.29) is 5.91 Å². The lowest BCUT2D eigenvalue weighted by Gasteiger charge is -1.96. The predicted molar refractivity (Wildman–Crippen MR) is 60.4 cm³/mol. The number of amides is 1. The molecule has 0 spiro atoms. The smallest absolute Gasteiger partial charge is 0.244 e. The molecule has 0 aliphatic carbocycles. The Balaban J connectivity index is 2.43. The van der Waals surface area contributed by atoms with Crippen LogP contribution in [-0.4, -0.2) is 19.0 Å². The van der Waals surface area contributed by atoms with Crippen LogP contribution in [0.4, 0.5) is 0 Å².